The molecule has 1 heterocycles. The first-order valence-corrected chi connectivity index (χ1v) is 7.44. The number of hydrogen-bond acceptors (Lipinski definition) is 3. The van der Waals surface area contributed by atoms with Gasteiger partial charge in [0.05, 0.1) is 18.8 Å². The minimum Gasteiger partial charge on any atom is -0.383 e. The molecule has 0 spiro atoms. The van der Waals surface area contributed by atoms with E-state index in [0.717, 1.165) is 29.1 Å². The van der Waals surface area contributed by atoms with Crippen molar-refractivity contribution in [3.8, 4) is 0 Å². The first-order valence-electron chi connectivity index (χ1n) is 7.44. The van der Waals surface area contributed by atoms with Crippen molar-refractivity contribution in [2.45, 2.75) is 26.9 Å². The number of hydrogen-bond donors (Lipinski definition) is 2. The molecular formula is C16H20F2N4O2. The third-order valence-electron chi connectivity index (χ3n) is 3.67. The van der Waals surface area contributed by atoms with Crippen LogP contribution in [0.1, 0.15) is 17.0 Å². The van der Waals surface area contributed by atoms with Crippen molar-refractivity contribution in [2.24, 2.45) is 0 Å². The fourth-order valence-corrected chi connectivity index (χ4v) is 2.33. The number of para-hydroxylation sites is 1. The molecular weight excluding hydrogens is 318 g/mol. The van der Waals surface area contributed by atoms with Crippen LogP contribution in [0.15, 0.2) is 18.2 Å². The third-order valence-corrected chi connectivity index (χ3v) is 3.67. The Bertz CT molecular complexity index is 711. The Hall–Kier alpha value is -2.48. The molecule has 2 rings (SSSR count). The zero-order valence-electron chi connectivity index (χ0n) is 13.8. The van der Waals surface area contributed by atoms with Gasteiger partial charge < -0.3 is 15.4 Å². The molecule has 2 N–H and O–H groups in total. The summed E-state index contributed by atoms with van der Waals surface area (Å²) in [6.45, 7) is 5.06. The largest absolute Gasteiger partial charge is 0.383 e. The summed E-state index contributed by atoms with van der Waals surface area (Å²) < 4.78 is 33.9. The minimum absolute atomic E-state index is 0.201. The predicted octanol–water partition coefficient (Wildman–Crippen LogP) is 2.75. The summed E-state index contributed by atoms with van der Waals surface area (Å²) in [6.07, 6.45) is 0. The van der Waals surface area contributed by atoms with Crippen LogP contribution in [0.4, 0.5) is 19.3 Å². The van der Waals surface area contributed by atoms with E-state index in [1.165, 1.54) is 6.07 Å². The Morgan fingerprint density at radius 3 is 2.58 bits per heavy atom. The molecule has 0 saturated carbocycles. The number of nitrogens with one attached hydrogen (secondary N) is 2. The number of aromatic nitrogens is 2. The molecule has 130 valence electrons. The second-order valence-corrected chi connectivity index (χ2v) is 5.27. The Morgan fingerprint density at radius 2 is 1.96 bits per heavy atom. The van der Waals surface area contributed by atoms with Crippen LogP contribution in [0.5, 0.6) is 0 Å². The summed E-state index contributed by atoms with van der Waals surface area (Å²) >= 11 is 0. The van der Waals surface area contributed by atoms with Crippen molar-refractivity contribution in [3.63, 3.8) is 0 Å². The van der Waals surface area contributed by atoms with E-state index in [4.69, 9.17) is 4.74 Å². The van der Waals surface area contributed by atoms with E-state index in [0.29, 0.717) is 13.2 Å². The molecule has 1 aromatic carbocycles. The van der Waals surface area contributed by atoms with Gasteiger partial charge >= 0.3 is 6.03 Å². The van der Waals surface area contributed by atoms with Crippen LogP contribution in [0.2, 0.25) is 0 Å². The Labute approximate surface area is 138 Å². The second-order valence-electron chi connectivity index (χ2n) is 5.27. The number of methoxy groups -OCH3 is 1. The van der Waals surface area contributed by atoms with Crippen LogP contribution in [0.3, 0.4) is 0 Å². The number of urea groups is 1. The van der Waals surface area contributed by atoms with E-state index in [1.54, 1.807) is 11.8 Å². The van der Waals surface area contributed by atoms with Gasteiger partial charge in [0.2, 0.25) is 0 Å². The number of nitrogens with zero attached hydrogens (tertiary/aromatic N) is 2. The summed E-state index contributed by atoms with van der Waals surface area (Å²) in [5.41, 5.74) is 2.07. The zero-order valence-corrected chi connectivity index (χ0v) is 13.8. The lowest BCUT2D eigenvalue weighted by Crippen LogP contribution is -2.29. The van der Waals surface area contributed by atoms with E-state index >= 15 is 0 Å². The number of rotatable bonds is 6. The van der Waals surface area contributed by atoms with Crippen LogP contribution >= 0.6 is 0 Å². The number of amides is 2. The van der Waals surface area contributed by atoms with Gasteiger partial charge in [-0.15, -0.1) is 0 Å². The summed E-state index contributed by atoms with van der Waals surface area (Å²) in [6, 6.07) is 2.69. The van der Waals surface area contributed by atoms with Gasteiger partial charge in [-0.2, -0.15) is 5.10 Å². The zero-order chi connectivity index (χ0) is 17.7. The number of carbonyl (C=O) groups excluding carboxylic acids is 1. The van der Waals surface area contributed by atoms with Crippen LogP contribution < -0.4 is 10.6 Å². The number of aryl methyl sites for hydroxylation is 1. The highest BCUT2D eigenvalue weighted by Gasteiger charge is 2.14. The average molecular weight is 338 g/mol. The average Bonchev–Trinajstić information content (AvgIpc) is 2.81. The first kappa shape index (κ1) is 17.9. The maximum atomic E-state index is 13.5. The van der Waals surface area contributed by atoms with Gasteiger partial charge in [0.1, 0.15) is 17.3 Å². The molecule has 24 heavy (non-hydrogen) atoms. The van der Waals surface area contributed by atoms with Crippen molar-refractivity contribution in [1.29, 1.82) is 0 Å². The van der Waals surface area contributed by atoms with E-state index in [1.807, 2.05) is 13.8 Å². The highest BCUT2D eigenvalue weighted by Crippen LogP contribution is 2.18. The molecule has 8 heteroatoms. The van der Waals surface area contributed by atoms with Crippen LogP contribution in [-0.2, 0) is 17.8 Å². The lowest BCUT2D eigenvalue weighted by molar-refractivity contribution is 0.182. The molecule has 0 saturated heterocycles. The third kappa shape index (κ3) is 4.08. The standard InChI is InChI=1S/C16H20F2N4O2/c1-10-12(11(2)22(21-10)7-8-24-3)9-19-16(23)20-15-13(17)5-4-6-14(15)18/h4-6H,7-9H2,1-3H3,(H2,19,20,23). The summed E-state index contributed by atoms with van der Waals surface area (Å²) in [5, 5.41) is 9.15. The molecule has 0 bridgehead atoms. The van der Waals surface area contributed by atoms with Gasteiger partial charge in [0.15, 0.2) is 0 Å². The number of ether oxygens (including phenoxy) is 1. The van der Waals surface area contributed by atoms with Gasteiger partial charge in [-0.05, 0) is 26.0 Å². The lowest BCUT2D eigenvalue weighted by atomic mass is 10.2. The highest BCUT2D eigenvalue weighted by molar-refractivity contribution is 5.89. The molecule has 0 radical (unpaired) electrons. The minimum atomic E-state index is -0.829. The van der Waals surface area contributed by atoms with E-state index in [2.05, 4.69) is 15.7 Å². The molecule has 2 aromatic rings. The molecule has 0 atom stereocenters. The van der Waals surface area contributed by atoms with Crippen molar-refractivity contribution in [1.82, 2.24) is 15.1 Å². The summed E-state index contributed by atoms with van der Waals surface area (Å²) in [7, 11) is 1.61. The normalized spacial score (nSPS) is 10.7. The maximum Gasteiger partial charge on any atom is 0.319 e. The van der Waals surface area contributed by atoms with Gasteiger partial charge in [0.25, 0.3) is 0 Å². The van der Waals surface area contributed by atoms with Crippen LogP contribution in [0.25, 0.3) is 0 Å². The monoisotopic (exact) mass is 338 g/mol. The fraction of sp³-hybridized carbons (Fsp3) is 0.375. The van der Waals surface area contributed by atoms with Gasteiger partial charge in [-0.1, -0.05) is 6.07 Å². The number of benzene rings is 1. The fourth-order valence-electron chi connectivity index (χ4n) is 2.33. The summed E-state index contributed by atoms with van der Waals surface area (Å²) in [5.74, 6) is -1.66. The van der Waals surface area contributed by atoms with Crippen molar-refractivity contribution in [3.05, 3.63) is 46.8 Å². The second kappa shape index (κ2) is 7.87. The Morgan fingerprint density at radius 1 is 1.29 bits per heavy atom. The van der Waals surface area contributed by atoms with Gasteiger partial charge in [0, 0.05) is 24.9 Å². The Kier molecular flexibility index (Phi) is 5.86. The maximum absolute atomic E-state index is 13.5. The molecule has 0 aliphatic carbocycles. The smallest absolute Gasteiger partial charge is 0.319 e. The number of carbonyl (C=O) groups is 1. The molecule has 6 nitrogen and oxygen atoms in total. The van der Waals surface area contributed by atoms with E-state index < -0.39 is 23.4 Å². The molecule has 0 fully saturated rings. The molecule has 0 aliphatic rings. The van der Waals surface area contributed by atoms with Crippen molar-refractivity contribution in [2.75, 3.05) is 19.0 Å². The molecule has 2 amide bonds. The van der Waals surface area contributed by atoms with Crippen LogP contribution in [-0.4, -0.2) is 29.5 Å². The van der Waals surface area contributed by atoms with Crippen molar-refractivity contribution >= 4 is 11.7 Å². The van der Waals surface area contributed by atoms with Crippen LogP contribution in [0, 0.1) is 25.5 Å². The van der Waals surface area contributed by atoms with E-state index in [9.17, 15) is 13.6 Å². The van der Waals surface area contributed by atoms with E-state index in [-0.39, 0.29) is 6.54 Å². The van der Waals surface area contributed by atoms with Gasteiger partial charge in [-0.3, -0.25) is 4.68 Å². The lowest BCUT2D eigenvalue weighted by Gasteiger charge is -2.10. The quantitative estimate of drug-likeness (QED) is 0.851. The summed E-state index contributed by atoms with van der Waals surface area (Å²) in [4.78, 5) is 11.9. The predicted molar refractivity (Wildman–Crippen MR) is 85.8 cm³/mol. The molecule has 1 aromatic heterocycles. The van der Waals surface area contributed by atoms with Crippen molar-refractivity contribution < 1.29 is 18.3 Å². The topological polar surface area (TPSA) is 68.2 Å². The highest BCUT2D eigenvalue weighted by atomic mass is 19.1. The van der Waals surface area contributed by atoms with Gasteiger partial charge in [-0.25, -0.2) is 13.6 Å². The number of halogens is 2. The first-order chi connectivity index (χ1) is 11.4. The SMILES string of the molecule is COCCn1nc(C)c(CNC(=O)Nc2c(F)cccc2F)c1C. The molecule has 0 aliphatic heterocycles. The number of anilines is 1. The Balaban J connectivity index is 2.00. The molecule has 0 unspecified atom stereocenters.